The summed E-state index contributed by atoms with van der Waals surface area (Å²) < 4.78 is 12.0. The number of alkyl halides is 1. The molecule has 2 aromatic rings. The molecule has 42 heavy (non-hydrogen) atoms. The number of hydrogen-bond donors (Lipinski definition) is 1. The van der Waals surface area contributed by atoms with Crippen LogP contribution in [0.15, 0.2) is 79.9 Å². The second-order valence-corrected chi connectivity index (χ2v) is 12.0. The fourth-order valence-corrected chi connectivity index (χ4v) is 7.72. The van der Waals surface area contributed by atoms with Crippen LogP contribution in [0, 0.1) is 11.8 Å². The Morgan fingerprint density at radius 2 is 1.69 bits per heavy atom. The molecule has 6 atom stereocenters. The molecule has 3 amide bonds. The van der Waals surface area contributed by atoms with Crippen molar-refractivity contribution in [1.29, 1.82) is 0 Å². The van der Waals surface area contributed by atoms with Crippen molar-refractivity contribution in [2.75, 3.05) is 43.2 Å². The number of hydrogen-bond acceptors (Lipinski definition) is 6. The van der Waals surface area contributed by atoms with E-state index in [0.29, 0.717) is 23.5 Å². The Bertz CT molecular complexity index is 1340. The number of halogens is 1. The Labute approximate surface area is 254 Å². The summed E-state index contributed by atoms with van der Waals surface area (Å²) in [6, 6.07) is 15.4. The highest BCUT2D eigenvalue weighted by molar-refractivity contribution is 9.09. The van der Waals surface area contributed by atoms with Crippen molar-refractivity contribution in [2.24, 2.45) is 11.8 Å². The van der Waals surface area contributed by atoms with Crippen molar-refractivity contribution in [3.63, 3.8) is 0 Å². The number of carbonyl (C=O) groups excluding carboxylic acids is 3. The highest BCUT2D eigenvalue weighted by atomic mass is 79.9. The minimum atomic E-state index is -1.22. The first-order chi connectivity index (χ1) is 20.3. The standard InChI is InChI=1S/C32H36BrN3O6/c1-4-16-34(21-10-7-6-8-11-21)29(38)25-26-30(39)36(18-9-19-37)28(32(26)20-24(33)27(25)42-32)31(40)35(17-5-2)22-12-14-23(41-3)15-13-22/h4-8,10-15,24-28,37H,1-2,9,16-20H2,3H3/t24?,25-,26+,27-,28?,32?/m1/s1. The molecule has 3 fully saturated rings. The fraction of sp³-hybridized carbons (Fsp3) is 0.406. The molecule has 0 aromatic heterocycles. The average molecular weight is 639 g/mol. The Kier molecular flexibility index (Phi) is 8.86. The van der Waals surface area contributed by atoms with Crippen molar-refractivity contribution in [2.45, 2.75) is 35.4 Å². The first-order valence-electron chi connectivity index (χ1n) is 14.1. The Morgan fingerprint density at radius 3 is 2.29 bits per heavy atom. The van der Waals surface area contributed by atoms with Crippen LogP contribution in [0.25, 0.3) is 0 Å². The number of ether oxygens (including phenoxy) is 2. The second kappa shape index (κ2) is 12.4. The maximum absolute atomic E-state index is 14.6. The molecule has 5 rings (SSSR count). The molecule has 222 valence electrons. The van der Waals surface area contributed by atoms with Gasteiger partial charge in [0.25, 0.3) is 5.91 Å². The lowest BCUT2D eigenvalue weighted by molar-refractivity contribution is -0.140. The number of rotatable bonds is 12. The molecular weight excluding hydrogens is 602 g/mol. The van der Waals surface area contributed by atoms with Gasteiger partial charge >= 0.3 is 0 Å². The number of para-hydroxylation sites is 1. The molecule has 2 bridgehead atoms. The van der Waals surface area contributed by atoms with Gasteiger partial charge in [0.15, 0.2) is 0 Å². The van der Waals surface area contributed by atoms with Crippen molar-refractivity contribution < 1.29 is 29.0 Å². The van der Waals surface area contributed by atoms with Crippen LogP contribution in [-0.2, 0) is 19.1 Å². The van der Waals surface area contributed by atoms with Crippen LogP contribution in [0.1, 0.15) is 12.8 Å². The predicted octanol–water partition coefficient (Wildman–Crippen LogP) is 3.56. The summed E-state index contributed by atoms with van der Waals surface area (Å²) in [5.74, 6) is -1.89. The lowest BCUT2D eigenvalue weighted by Crippen LogP contribution is -2.57. The van der Waals surface area contributed by atoms with Gasteiger partial charge in [0.05, 0.1) is 25.0 Å². The number of methoxy groups -OCH3 is 1. The van der Waals surface area contributed by atoms with E-state index in [1.807, 2.05) is 30.3 Å². The number of benzene rings is 2. The van der Waals surface area contributed by atoms with Gasteiger partial charge in [-0.2, -0.15) is 0 Å². The third-order valence-electron chi connectivity index (χ3n) is 8.47. The van der Waals surface area contributed by atoms with Gasteiger partial charge in [0.1, 0.15) is 17.4 Å². The number of nitrogens with zero attached hydrogens (tertiary/aromatic N) is 3. The van der Waals surface area contributed by atoms with Gasteiger partial charge in [-0.05, 0) is 49.2 Å². The van der Waals surface area contributed by atoms with Crippen molar-refractivity contribution in [3.05, 3.63) is 79.9 Å². The summed E-state index contributed by atoms with van der Waals surface area (Å²) in [4.78, 5) is 47.6. The first kappa shape index (κ1) is 30.0. The Balaban J connectivity index is 1.57. The van der Waals surface area contributed by atoms with Crippen LogP contribution < -0.4 is 14.5 Å². The zero-order chi connectivity index (χ0) is 30.0. The molecule has 2 aromatic carbocycles. The third-order valence-corrected chi connectivity index (χ3v) is 9.32. The van der Waals surface area contributed by atoms with Crippen LogP contribution >= 0.6 is 15.9 Å². The molecule has 0 aliphatic carbocycles. The third kappa shape index (κ3) is 4.95. The summed E-state index contributed by atoms with van der Waals surface area (Å²) in [6.07, 6.45) is 3.37. The molecule has 0 saturated carbocycles. The van der Waals surface area contributed by atoms with Crippen LogP contribution in [0.5, 0.6) is 5.75 Å². The van der Waals surface area contributed by atoms with E-state index in [1.165, 1.54) is 4.90 Å². The van der Waals surface area contributed by atoms with Crippen molar-refractivity contribution in [1.82, 2.24) is 4.90 Å². The van der Waals surface area contributed by atoms with Gasteiger partial charge in [-0.15, -0.1) is 13.2 Å². The number of anilines is 2. The molecule has 9 nitrogen and oxygen atoms in total. The Hall–Kier alpha value is -3.47. The van der Waals surface area contributed by atoms with E-state index < -0.39 is 29.6 Å². The topological polar surface area (TPSA) is 99.6 Å². The SMILES string of the molecule is C=CCN(C(=O)C1N(CCCO)C(=O)[C@@H]2[C@@H](C(=O)N(CC=C)c3ccccc3)[C@@H]3OC12CC3Br)c1ccc(OC)cc1. The van der Waals surface area contributed by atoms with E-state index in [0.717, 1.165) is 0 Å². The van der Waals surface area contributed by atoms with Crippen molar-refractivity contribution in [3.8, 4) is 5.75 Å². The minimum absolute atomic E-state index is 0.148. The zero-order valence-corrected chi connectivity index (χ0v) is 25.2. The highest BCUT2D eigenvalue weighted by Crippen LogP contribution is 2.60. The normalized spacial score (nSPS) is 27.5. The molecule has 3 saturated heterocycles. The quantitative estimate of drug-likeness (QED) is 0.282. The number of aliphatic hydroxyl groups excluding tert-OH is 1. The number of aliphatic hydroxyl groups is 1. The number of fused-ring (bicyclic) bond motifs is 1. The van der Waals surface area contributed by atoms with Gasteiger partial charge in [-0.3, -0.25) is 14.4 Å². The first-order valence-corrected chi connectivity index (χ1v) is 15.0. The molecule has 3 heterocycles. The molecule has 0 radical (unpaired) electrons. The summed E-state index contributed by atoms with van der Waals surface area (Å²) in [6.45, 7) is 8.16. The minimum Gasteiger partial charge on any atom is -0.497 e. The highest BCUT2D eigenvalue weighted by Gasteiger charge is 2.76. The largest absolute Gasteiger partial charge is 0.497 e. The van der Waals surface area contributed by atoms with Crippen LogP contribution in [0.4, 0.5) is 11.4 Å². The van der Waals surface area contributed by atoms with E-state index in [1.54, 1.807) is 53.3 Å². The maximum atomic E-state index is 14.6. The summed E-state index contributed by atoms with van der Waals surface area (Å²) in [5.41, 5.74) is 0.0923. The lowest BCUT2D eigenvalue weighted by atomic mass is 9.70. The number of carbonyl (C=O) groups is 3. The molecular formula is C32H36BrN3O6. The average Bonchev–Trinajstić information content (AvgIpc) is 3.60. The van der Waals surface area contributed by atoms with E-state index in [-0.39, 0.29) is 55.2 Å². The molecule has 10 heteroatoms. The number of likely N-dealkylation sites (tertiary alicyclic amines) is 1. The zero-order valence-electron chi connectivity index (χ0n) is 23.6. The van der Waals surface area contributed by atoms with Crippen LogP contribution in [0.3, 0.4) is 0 Å². The van der Waals surface area contributed by atoms with E-state index in [2.05, 4.69) is 29.1 Å². The second-order valence-electron chi connectivity index (χ2n) is 10.8. The van der Waals surface area contributed by atoms with Gasteiger partial charge in [0, 0.05) is 42.4 Å². The predicted molar refractivity (Wildman–Crippen MR) is 164 cm³/mol. The Morgan fingerprint density at radius 1 is 1.07 bits per heavy atom. The van der Waals surface area contributed by atoms with Gasteiger partial charge in [-0.25, -0.2) is 0 Å². The molecule has 1 spiro atoms. The van der Waals surface area contributed by atoms with Gasteiger partial charge in [-0.1, -0.05) is 46.3 Å². The van der Waals surface area contributed by atoms with Gasteiger partial charge < -0.3 is 29.3 Å². The fourth-order valence-electron chi connectivity index (χ4n) is 6.77. The van der Waals surface area contributed by atoms with Gasteiger partial charge in [0.2, 0.25) is 11.8 Å². The lowest BCUT2D eigenvalue weighted by Gasteiger charge is -2.37. The summed E-state index contributed by atoms with van der Waals surface area (Å²) in [5, 5.41) is 9.66. The monoisotopic (exact) mass is 637 g/mol. The molecule has 3 aliphatic heterocycles. The van der Waals surface area contributed by atoms with E-state index in [4.69, 9.17) is 9.47 Å². The number of amides is 3. The summed E-state index contributed by atoms with van der Waals surface area (Å²) in [7, 11) is 1.57. The van der Waals surface area contributed by atoms with E-state index in [9.17, 15) is 19.5 Å². The van der Waals surface area contributed by atoms with Crippen molar-refractivity contribution >= 4 is 45.0 Å². The smallest absolute Gasteiger partial charge is 0.253 e. The van der Waals surface area contributed by atoms with Crippen LogP contribution in [-0.4, -0.2) is 83.7 Å². The van der Waals surface area contributed by atoms with Crippen LogP contribution in [0.2, 0.25) is 0 Å². The molecule has 1 N–H and O–H groups in total. The molecule has 3 aliphatic rings. The molecule has 3 unspecified atom stereocenters. The maximum Gasteiger partial charge on any atom is 0.253 e. The summed E-state index contributed by atoms with van der Waals surface area (Å²) >= 11 is 3.74. The van der Waals surface area contributed by atoms with E-state index >= 15 is 0 Å².